The van der Waals surface area contributed by atoms with Crippen molar-refractivity contribution >= 4 is 23.4 Å². The van der Waals surface area contributed by atoms with Crippen LogP contribution in [0.2, 0.25) is 5.02 Å². The zero-order chi connectivity index (χ0) is 22.1. The lowest BCUT2D eigenvalue weighted by Crippen LogP contribution is -2.49. The van der Waals surface area contributed by atoms with Gasteiger partial charge in [0.05, 0.1) is 0 Å². The molecule has 2 amide bonds. The Kier molecular flexibility index (Phi) is 9.38. The van der Waals surface area contributed by atoms with E-state index in [-0.39, 0.29) is 11.8 Å². The van der Waals surface area contributed by atoms with Gasteiger partial charge in [0.1, 0.15) is 6.04 Å². The lowest BCUT2D eigenvalue weighted by Gasteiger charge is -2.31. The predicted molar refractivity (Wildman–Crippen MR) is 123 cm³/mol. The van der Waals surface area contributed by atoms with Crippen LogP contribution in [0.4, 0.5) is 0 Å². The van der Waals surface area contributed by atoms with Crippen LogP contribution in [-0.4, -0.2) is 29.3 Å². The molecule has 0 aliphatic rings. The van der Waals surface area contributed by atoms with Crippen molar-refractivity contribution in [3.63, 3.8) is 0 Å². The quantitative estimate of drug-likeness (QED) is 0.568. The Balaban J connectivity index is 2.19. The molecule has 4 nitrogen and oxygen atoms in total. The highest BCUT2D eigenvalue weighted by atomic mass is 35.5. The maximum Gasteiger partial charge on any atom is 0.242 e. The molecule has 0 fully saturated rings. The van der Waals surface area contributed by atoms with Crippen LogP contribution in [0.5, 0.6) is 0 Å². The maximum absolute atomic E-state index is 13.2. The number of aryl methyl sites for hydroxylation is 2. The van der Waals surface area contributed by atoms with Gasteiger partial charge in [-0.15, -0.1) is 0 Å². The van der Waals surface area contributed by atoms with Crippen molar-refractivity contribution in [2.75, 3.05) is 6.54 Å². The number of halogens is 1. The lowest BCUT2D eigenvalue weighted by molar-refractivity contribution is -0.141. The molecule has 0 aliphatic heterocycles. The molecule has 2 aromatic rings. The van der Waals surface area contributed by atoms with Crippen molar-refractivity contribution < 1.29 is 9.59 Å². The molecule has 162 valence electrons. The van der Waals surface area contributed by atoms with Gasteiger partial charge in [0, 0.05) is 24.5 Å². The van der Waals surface area contributed by atoms with Gasteiger partial charge in [0.15, 0.2) is 0 Å². The average Bonchev–Trinajstić information content (AvgIpc) is 2.72. The minimum Gasteiger partial charge on any atom is -0.354 e. The van der Waals surface area contributed by atoms with E-state index in [1.54, 1.807) is 4.90 Å². The van der Waals surface area contributed by atoms with Gasteiger partial charge in [-0.1, -0.05) is 80.4 Å². The molecule has 0 aliphatic carbocycles. The van der Waals surface area contributed by atoms with Gasteiger partial charge in [0.25, 0.3) is 0 Å². The third-order valence-electron chi connectivity index (χ3n) is 5.12. The molecule has 0 aromatic heterocycles. The molecule has 0 heterocycles. The van der Waals surface area contributed by atoms with Gasteiger partial charge in [0.2, 0.25) is 11.8 Å². The van der Waals surface area contributed by atoms with Crippen LogP contribution >= 0.6 is 11.6 Å². The molecule has 5 heteroatoms. The summed E-state index contributed by atoms with van der Waals surface area (Å²) in [6, 6.07) is 15.2. The van der Waals surface area contributed by atoms with Crippen molar-refractivity contribution in [1.29, 1.82) is 0 Å². The molecule has 0 radical (unpaired) electrons. The van der Waals surface area contributed by atoms with Gasteiger partial charge in [-0.05, 0) is 42.9 Å². The largest absolute Gasteiger partial charge is 0.354 e. The fraction of sp³-hybridized carbons (Fsp3) is 0.440. The van der Waals surface area contributed by atoms with Crippen molar-refractivity contribution in [1.82, 2.24) is 10.2 Å². The monoisotopic (exact) mass is 428 g/mol. The molecule has 30 heavy (non-hydrogen) atoms. The first-order valence-electron chi connectivity index (χ1n) is 10.7. The number of nitrogens with zero attached hydrogens (tertiary/aromatic N) is 1. The zero-order valence-corrected chi connectivity index (χ0v) is 19.2. The highest BCUT2D eigenvalue weighted by Gasteiger charge is 2.28. The molecule has 2 aromatic carbocycles. The number of amides is 2. The summed E-state index contributed by atoms with van der Waals surface area (Å²) in [5.74, 6) is 0.199. The van der Waals surface area contributed by atoms with E-state index in [0.717, 1.165) is 11.1 Å². The summed E-state index contributed by atoms with van der Waals surface area (Å²) >= 11 is 6.35. The SMILES string of the molecule is CC[C@@H](C(=O)NCC(C)C)N(Cc1ccccc1Cl)C(=O)CCc1ccc(C)cc1. The van der Waals surface area contributed by atoms with Crippen molar-refractivity contribution in [3.05, 3.63) is 70.2 Å². The summed E-state index contributed by atoms with van der Waals surface area (Å²) in [5, 5.41) is 3.59. The first-order chi connectivity index (χ1) is 14.3. The normalized spacial score (nSPS) is 11.9. The molecule has 0 saturated carbocycles. The Morgan fingerprint density at radius 1 is 1.07 bits per heavy atom. The number of benzene rings is 2. The van der Waals surface area contributed by atoms with E-state index >= 15 is 0 Å². The smallest absolute Gasteiger partial charge is 0.242 e. The number of nitrogens with one attached hydrogen (secondary N) is 1. The van der Waals surface area contributed by atoms with Crippen LogP contribution in [-0.2, 0) is 22.6 Å². The second-order valence-corrected chi connectivity index (χ2v) is 8.57. The molecule has 1 atom stereocenters. The first-order valence-corrected chi connectivity index (χ1v) is 11.1. The Labute approximate surface area is 185 Å². The van der Waals surface area contributed by atoms with E-state index in [1.165, 1.54) is 5.56 Å². The van der Waals surface area contributed by atoms with Gasteiger partial charge < -0.3 is 10.2 Å². The highest BCUT2D eigenvalue weighted by Crippen LogP contribution is 2.21. The second-order valence-electron chi connectivity index (χ2n) is 8.16. The number of carbonyl (C=O) groups excluding carboxylic acids is 2. The Bertz CT molecular complexity index is 833. The second kappa shape index (κ2) is 11.8. The maximum atomic E-state index is 13.2. The first kappa shape index (κ1) is 23.9. The van der Waals surface area contributed by atoms with E-state index in [4.69, 9.17) is 11.6 Å². The van der Waals surface area contributed by atoms with E-state index < -0.39 is 6.04 Å². The van der Waals surface area contributed by atoms with Gasteiger partial charge in [-0.3, -0.25) is 9.59 Å². The topological polar surface area (TPSA) is 49.4 Å². The van der Waals surface area contributed by atoms with Crippen LogP contribution in [0.1, 0.15) is 50.3 Å². The molecule has 0 saturated heterocycles. The van der Waals surface area contributed by atoms with E-state index in [0.29, 0.717) is 43.3 Å². The minimum atomic E-state index is -0.523. The van der Waals surface area contributed by atoms with Crippen LogP contribution in [0.25, 0.3) is 0 Å². The fourth-order valence-electron chi connectivity index (χ4n) is 3.30. The third kappa shape index (κ3) is 7.17. The van der Waals surface area contributed by atoms with Crippen molar-refractivity contribution in [2.24, 2.45) is 5.92 Å². The summed E-state index contributed by atoms with van der Waals surface area (Å²) in [6.07, 6.45) is 1.54. The third-order valence-corrected chi connectivity index (χ3v) is 5.49. The molecular formula is C25H33ClN2O2. The number of carbonyl (C=O) groups is 2. The summed E-state index contributed by atoms with van der Waals surface area (Å²) in [6.45, 7) is 8.99. The molecule has 0 unspecified atom stereocenters. The number of hydrogen-bond donors (Lipinski definition) is 1. The van der Waals surface area contributed by atoms with E-state index in [2.05, 4.69) is 31.3 Å². The molecule has 1 N–H and O–H groups in total. The summed E-state index contributed by atoms with van der Waals surface area (Å²) in [4.78, 5) is 27.8. The number of hydrogen-bond acceptors (Lipinski definition) is 2. The fourth-order valence-corrected chi connectivity index (χ4v) is 3.50. The summed E-state index contributed by atoms with van der Waals surface area (Å²) in [7, 11) is 0. The Hall–Kier alpha value is -2.33. The zero-order valence-electron chi connectivity index (χ0n) is 18.5. The highest BCUT2D eigenvalue weighted by molar-refractivity contribution is 6.31. The predicted octanol–water partition coefficient (Wildman–Crippen LogP) is 5.16. The van der Waals surface area contributed by atoms with Crippen LogP contribution < -0.4 is 5.32 Å². The van der Waals surface area contributed by atoms with Crippen LogP contribution in [0, 0.1) is 12.8 Å². The Morgan fingerprint density at radius 2 is 1.73 bits per heavy atom. The number of rotatable bonds is 10. The van der Waals surface area contributed by atoms with E-state index in [1.807, 2.05) is 50.2 Å². The van der Waals surface area contributed by atoms with Gasteiger partial charge in [-0.2, -0.15) is 0 Å². The molecule has 0 bridgehead atoms. The van der Waals surface area contributed by atoms with Crippen LogP contribution in [0.3, 0.4) is 0 Å². The molecule has 0 spiro atoms. The lowest BCUT2D eigenvalue weighted by atomic mass is 10.0. The Morgan fingerprint density at radius 3 is 2.33 bits per heavy atom. The standard InChI is InChI=1S/C25H33ClN2O2/c1-5-23(25(30)27-16-18(2)3)28(17-21-8-6-7-9-22(21)26)24(29)15-14-20-12-10-19(4)11-13-20/h6-13,18,23H,5,14-17H2,1-4H3,(H,27,30)/t23-/m0/s1. The van der Waals surface area contributed by atoms with Crippen molar-refractivity contribution in [3.8, 4) is 0 Å². The van der Waals surface area contributed by atoms with Crippen molar-refractivity contribution in [2.45, 2.75) is 59.5 Å². The molecule has 2 rings (SSSR count). The average molecular weight is 429 g/mol. The van der Waals surface area contributed by atoms with Gasteiger partial charge in [-0.25, -0.2) is 0 Å². The molecular weight excluding hydrogens is 396 g/mol. The summed E-state index contributed by atoms with van der Waals surface area (Å²) < 4.78 is 0. The minimum absolute atomic E-state index is 0.0398. The van der Waals surface area contributed by atoms with Gasteiger partial charge >= 0.3 is 0 Å². The van der Waals surface area contributed by atoms with Crippen LogP contribution in [0.15, 0.2) is 48.5 Å². The summed E-state index contributed by atoms with van der Waals surface area (Å²) in [5.41, 5.74) is 3.15. The van der Waals surface area contributed by atoms with E-state index in [9.17, 15) is 9.59 Å².